The number of imidazole rings is 1. The van der Waals surface area contributed by atoms with E-state index >= 15 is 0 Å². The number of carbonyl (C=O) groups is 1. The molecule has 190 valence electrons. The lowest BCUT2D eigenvalue weighted by Gasteiger charge is -2.18. The van der Waals surface area contributed by atoms with E-state index in [4.69, 9.17) is 20.1 Å². The number of para-hydroxylation sites is 1. The van der Waals surface area contributed by atoms with E-state index < -0.39 is 26.0 Å². The molecule has 0 saturated heterocycles. The molecule has 0 aliphatic carbocycles. The number of nitrogens with two attached hydrogens (primary N) is 1. The smallest absolute Gasteiger partial charge is 0.437 e. The quantitative estimate of drug-likeness (QED) is 0.127. The zero-order valence-electron chi connectivity index (χ0n) is 19.8. The van der Waals surface area contributed by atoms with Crippen LogP contribution in [-0.2, 0) is 41.2 Å². The number of hydrogen-bond donors (Lipinski definition) is 2. The van der Waals surface area contributed by atoms with Crippen molar-refractivity contribution in [3.8, 4) is 5.75 Å². The Morgan fingerprint density at radius 1 is 1.23 bits per heavy atom. The van der Waals surface area contributed by atoms with E-state index in [1.54, 1.807) is 49.9 Å². The summed E-state index contributed by atoms with van der Waals surface area (Å²) >= 11 is 0. The monoisotopic (exact) mass is 509 g/mol. The van der Waals surface area contributed by atoms with Crippen LogP contribution in [0.5, 0.6) is 5.75 Å². The topological polar surface area (TPSA) is 170 Å². The SMILES string of the molecule is C[C@H](Cn1cnc2c(N)ncnc21)OCc1ccccc1OOP(=O)(O)OCOC(=O)C(C)(C)C. The molecule has 3 aromatic rings. The van der Waals surface area contributed by atoms with Crippen LogP contribution in [-0.4, -0.2) is 43.3 Å². The van der Waals surface area contributed by atoms with Gasteiger partial charge < -0.3 is 29.6 Å². The number of benzene rings is 1. The van der Waals surface area contributed by atoms with Gasteiger partial charge in [0.2, 0.25) is 6.79 Å². The minimum absolute atomic E-state index is 0.115. The van der Waals surface area contributed by atoms with Crippen molar-refractivity contribution in [2.24, 2.45) is 5.41 Å². The fraction of sp³-hybridized carbons (Fsp3) is 0.429. The number of nitrogen functional groups attached to an aromatic ring is 1. The molecular weight excluding hydrogens is 481 g/mol. The number of nitrogens with zero attached hydrogens (tertiary/aromatic N) is 4. The summed E-state index contributed by atoms with van der Waals surface area (Å²) in [6.45, 7) is 6.56. The Morgan fingerprint density at radius 2 is 1.97 bits per heavy atom. The van der Waals surface area contributed by atoms with Gasteiger partial charge in [-0.1, -0.05) is 22.9 Å². The number of esters is 1. The number of aromatic nitrogens is 4. The molecule has 0 radical (unpaired) electrons. The fourth-order valence-corrected chi connectivity index (χ4v) is 3.17. The maximum atomic E-state index is 12.0. The van der Waals surface area contributed by atoms with Crippen LogP contribution >= 0.6 is 7.82 Å². The third kappa shape index (κ3) is 7.44. The van der Waals surface area contributed by atoms with Crippen molar-refractivity contribution in [3.05, 3.63) is 42.5 Å². The minimum Gasteiger partial charge on any atom is -0.437 e. The molecule has 0 bridgehead atoms. The van der Waals surface area contributed by atoms with Crippen LogP contribution in [0.3, 0.4) is 0 Å². The number of phosphoric acid groups is 1. The van der Waals surface area contributed by atoms with Crippen LogP contribution in [0.25, 0.3) is 11.2 Å². The van der Waals surface area contributed by atoms with Gasteiger partial charge in [-0.15, -0.1) is 0 Å². The summed E-state index contributed by atoms with van der Waals surface area (Å²) in [5, 5.41) is 0. The highest BCUT2D eigenvalue weighted by atomic mass is 31.2. The van der Waals surface area contributed by atoms with Crippen molar-refractivity contribution < 1.29 is 37.8 Å². The van der Waals surface area contributed by atoms with E-state index in [9.17, 15) is 14.3 Å². The van der Waals surface area contributed by atoms with Crippen LogP contribution in [0.2, 0.25) is 0 Å². The third-order valence-corrected chi connectivity index (χ3v) is 5.31. The average Bonchev–Trinajstić information content (AvgIpc) is 3.20. The first-order valence-corrected chi connectivity index (χ1v) is 12.1. The Hall–Kier alpha value is -3.09. The van der Waals surface area contributed by atoms with E-state index in [-0.39, 0.29) is 18.5 Å². The maximum absolute atomic E-state index is 12.0. The molecule has 14 heteroatoms. The van der Waals surface area contributed by atoms with Crippen LogP contribution < -0.4 is 10.6 Å². The molecule has 2 aromatic heterocycles. The molecule has 0 amide bonds. The summed E-state index contributed by atoms with van der Waals surface area (Å²) in [6.07, 6.45) is 2.72. The first-order chi connectivity index (χ1) is 16.5. The predicted molar refractivity (Wildman–Crippen MR) is 123 cm³/mol. The van der Waals surface area contributed by atoms with Gasteiger partial charge in [-0.3, -0.25) is 4.79 Å². The van der Waals surface area contributed by atoms with E-state index in [0.29, 0.717) is 29.1 Å². The molecule has 13 nitrogen and oxygen atoms in total. The fourth-order valence-electron chi connectivity index (χ4n) is 2.77. The van der Waals surface area contributed by atoms with Crippen molar-refractivity contribution >= 4 is 30.8 Å². The van der Waals surface area contributed by atoms with Crippen LogP contribution in [0.15, 0.2) is 36.9 Å². The lowest BCUT2D eigenvalue weighted by atomic mass is 9.98. The molecular formula is C21H28N5O8P. The number of ether oxygens (including phenoxy) is 2. The summed E-state index contributed by atoms with van der Waals surface area (Å²) < 4.78 is 33.7. The lowest BCUT2D eigenvalue weighted by molar-refractivity contribution is -0.166. The van der Waals surface area contributed by atoms with Gasteiger partial charge in [0, 0.05) is 5.56 Å². The third-order valence-electron chi connectivity index (χ3n) is 4.62. The van der Waals surface area contributed by atoms with Crippen LogP contribution in [0.1, 0.15) is 33.3 Å². The van der Waals surface area contributed by atoms with Gasteiger partial charge in [-0.05, 0) is 33.8 Å². The zero-order valence-corrected chi connectivity index (χ0v) is 20.7. The number of hydrogen-bond acceptors (Lipinski definition) is 11. The Labute approximate surface area is 201 Å². The summed E-state index contributed by atoms with van der Waals surface area (Å²) in [6, 6.07) is 6.65. The average molecular weight is 509 g/mol. The molecule has 35 heavy (non-hydrogen) atoms. The van der Waals surface area contributed by atoms with Gasteiger partial charge in [0.15, 0.2) is 17.2 Å². The van der Waals surface area contributed by atoms with Gasteiger partial charge in [-0.2, -0.15) is 0 Å². The summed E-state index contributed by atoms with van der Waals surface area (Å²) in [5.74, 6) is -0.154. The number of anilines is 1. The van der Waals surface area contributed by atoms with E-state index in [1.165, 1.54) is 12.4 Å². The maximum Gasteiger partial charge on any atom is 0.511 e. The van der Waals surface area contributed by atoms with Crippen molar-refractivity contribution in [2.75, 3.05) is 12.5 Å². The van der Waals surface area contributed by atoms with Gasteiger partial charge in [0.25, 0.3) is 0 Å². The van der Waals surface area contributed by atoms with Crippen molar-refractivity contribution in [1.82, 2.24) is 19.5 Å². The Morgan fingerprint density at radius 3 is 2.71 bits per heavy atom. The largest absolute Gasteiger partial charge is 0.511 e. The van der Waals surface area contributed by atoms with E-state index in [2.05, 4.69) is 24.2 Å². The highest BCUT2D eigenvalue weighted by Gasteiger charge is 2.28. The second-order valence-electron chi connectivity index (χ2n) is 8.61. The Balaban J connectivity index is 1.52. The highest BCUT2D eigenvalue weighted by molar-refractivity contribution is 7.47. The number of rotatable bonds is 11. The highest BCUT2D eigenvalue weighted by Crippen LogP contribution is 2.44. The Bertz CT molecular complexity index is 1210. The number of carbonyl (C=O) groups excluding carboxylic acids is 1. The van der Waals surface area contributed by atoms with Crippen molar-refractivity contribution in [2.45, 2.75) is 47.0 Å². The lowest BCUT2D eigenvalue weighted by Crippen LogP contribution is -2.23. The predicted octanol–water partition coefficient (Wildman–Crippen LogP) is 2.99. The molecule has 0 saturated carbocycles. The minimum atomic E-state index is -4.66. The second kappa shape index (κ2) is 11.1. The van der Waals surface area contributed by atoms with E-state index in [1.807, 2.05) is 6.92 Å². The molecule has 3 rings (SSSR count). The molecule has 3 N–H and O–H groups in total. The van der Waals surface area contributed by atoms with Gasteiger partial charge >= 0.3 is 13.8 Å². The van der Waals surface area contributed by atoms with Gasteiger partial charge in [0.1, 0.15) is 11.8 Å². The Kier molecular flexibility index (Phi) is 8.41. The van der Waals surface area contributed by atoms with Gasteiger partial charge in [0.05, 0.1) is 31.0 Å². The molecule has 0 aliphatic heterocycles. The van der Waals surface area contributed by atoms with Gasteiger partial charge in [-0.25, -0.2) is 24.0 Å². The number of phosphoric ester groups is 1. The van der Waals surface area contributed by atoms with Crippen LogP contribution in [0.4, 0.5) is 5.82 Å². The summed E-state index contributed by atoms with van der Waals surface area (Å²) in [4.78, 5) is 38.9. The summed E-state index contributed by atoms with van der Waals surface area (Å²) in [7, 11) is -4.66. The molecule has 0 spiro atoms. The molecule has 0 fully saturated rings. The second-order valence-corrected chi connectivity index (χ2v) is 9.96. The summed E-state index contributed by atoms with van der Waals surface area (Å²) in [5.41, 5.74) is 6.69. The standard InChI is InChI=1S/C21H28N5O8P/c1-14(9-26-12-25-17-18(22)23-11-24-19(17)26)30-10-15-7-5-6-8-16(15)33-34-35(28,29)32-13-31-20(27)21(2,3)4/h5-8,11-12,14H,9-10,13H2,1-4H3,(H,28,29)(H2,22,23,24)/t14-/m1/s1. The zero-order chi connectivity index (χ0) is 25.6. The van der Waals surface area contributed by atoms with Crippen LogP contribution in [0, 0.1) is 5.41 Å². The first-order valence-electron chi connectivity index (χ1n) is 10.6. The normalized spacial score (nSPS) is 14.4. The first kappa shape index (κ1) is 26.5. The molecule has 1 unspecified atom stereocenters. The molecule has 0 aliphatic rings. The molecule has 2 heterocycles. The number of fused-ring (bicyclic) bond motifs is 1. The van der Waals surface area contributed by atoms with E-state index in [0.717, 1.165) is 0 Å². The van der Waals surface area contributed by atoms with Crippen molar-refractivity contribution in [3.63, 3.8) is 0 Å². The van der Waals surface area contributed by atoms with Crippen molar-refractivity contribution in [1.29, 1.82) is 0 Å². The molecule has 2 atom stereocenters. The molecule has 1 aromatic carbocycles.